The normalized spacial score (nSPS) is 9.20. The molecule has 0 heterocycles. The molecule has 2 aromatic carbocycles. The summed E-state index contributed by atoms with van der Waals surface area (Å²) >= 11 is 0. The van der Waals surface area contributed by atoms with Gasteiger partial charge in [0.15, 0.2) is 0 Å². The lowest BCUT2D eigenvalue weighted by atomic mass is 10.0. The van der Waals surface area contributed by atoms with Crippen molar-refractivity contribution < 1.29 is 15.7 Å². The molecule has 3 heteroatoms. The van der Waals surface area contributed by atoms with Gasteiger partial charge in [-0.05, 0) is 28.7 Å². The predicted octanol–water partition coefficient (Wildman–Crippen LogP) is 2.58. The van der Waals surface area contributed by atoms with E-state index in [1.54, 1.807) is 0 Å². The molecule has 3 nitrogen and oxygen atoms in total. The molecule has 4 N–H and O–H groups in total. The molecule has 2 aromatic rings. The first-order chi connectivity index (χ1) is 9.33. The molecule has 0 saturated heterocycles. The number of aliphatic hydroxyl groups excluding tert-OH is 2. The minimum absolute atomic E-state index is 0. The highest BCUT2D eigenvalue weighted by Crippen LogP contribution is 2.20. The number of hydrogen-bond acceptors (Lipinski definition) is 2. The van der Waals surface area contributed by atoms with Crippen molar-refractivity contribution in [2.24, 2.45) is 0 Å². The molecule has 0 aliphatic heterocycles. The second-order valence-corrected chi connectivity index (χ2v) is 4.03. The highest BCUT2D eigenvalue weighted by molar-refractivity contribution is 5.63. The summed E-state index contributed by atoms with van der Waals surface area (Å²) in [6, 6.07) is 16.0. The third-order valence-corrected chi connectivity index (χ3v) is 2.82. The maximum Gasteiger partial charge on any atom is 0.0681 e. The average molecular weight is 276 g/mol. The van der Waals surface area contributed by atoms with Crippen LogP contribution in [0.25, 0.3) is 11.1 Å². The number of benzene rings is 2. The lowest BCUT2D eigenvalue weighted by Gasteiger charge is -2.04. The first kappa shape index (κ1) is 18.3. The highest BCUT2D eigenvalue weighted by atomic mass is 16.3. The van der Waals surface area contributed by atoms with E-state index in [1.807, 2.05) is 50.2 Å². The van der Waals surface area contributed by atoms with Gasteiger partial charge in [-0.1, -0.05) is 62.4 Å². The minimum atomic E-state index is 0. The van der Waals surface area contributed by atoms with E-state index in [2.05, 4.69) is 12.1 Å². The summed E-state index contributed by atoms with van der Waals surface area (Å²) in [5, 5.41) is 17.8. The molecule has 0 aliphatic carbocycles. The number of aliphatic hydroxyl groups is 2. The van der Waals surface area contributed by atoms with Crippen molar-refractivity contribution in [1.29, 1.82) is 0 Å². The fourth-order valence-electron chi connectivity index (χ4n) is 1.80. The van der Waals surface area contributed by atoms with Crippen LogP contribution < -0.4 is 0 Å². The standard InChI is InChI=1S/C15H16O2.C2H6.H2O/c16-10-9-12-1-5-14(6-2-12)15-7-3-13(11-17)4-8-15;1-2;/h1-8,16-17H,9-11H2;1-2H3;1H2. The smallest absolute Gasteiger partial charge is 0.0681 e. The zero-order valence-electron chi connectivity index (χ0n) is 12.1. The van der Waals surface area contributed by atoms with Gasteiger partial charge in [-0.25, -0.2) is 0 Å². The van der Waals surface area contributed by atoms with Crippen molar-refractivity contribution in [3.8, 4) is 11.1 Å². The number of hydrogen-bond donors (Lipinski definition) is 2. The molecule has 2 rings (SSSR count). The van der Waals surface area contributed by atoms with Gasteiger partial charge < -0.3 is 15.7 Å². The Kier molecular flexibility index (Phi) is 9.30. The van der Waals surface area contributed by atoms with Crippen molar-refractivity contribution in [1.82, 2.24) is 0 Å². The van der Waals surface area contributed by atoms with E-state index in [0.29, 0.717) is 6.42 Å². The van der Waals surface area contributed by atoms with Gasteiger partial charge in [0.2, 0.25) is 0 Å². The zero-order valence-corrected chi connectivity index (χ0v) is 12.1. The first-order valence-corrected chi connectivity index (χ1v) is 6.73. The van der Waals surface area contributed by atoms with Gasteiger partial charge in [-0.3, -0.25) is 0 Å². The van der Waals surface area contributed by atoms with Crippen LogP contribution in [0.1, 0.15) is 25.0 Å². The predicted molar refractivity (Wildman–Crippen MR) is 83.6 cm³/mol. The minimum Gasteiger partial charge on any atom is -0.412 e. The lowest BCUT2D eigenvalue weighted by Crippen LogP contribution is -1.90. The molecule has 0 saturated carbocycles. The van der Waals surface area contributed by atoms with Crippen LogP contribution in [0.5, 0.6) is 0 Å². The largest absolute Gasteiger partial charge is 0.412 e. The molecule has 0 bridgehead atoms. The second-order valence-electron chi connectivity index (χ2n) is 4.03. The van der Waals surface area contributed by atoms with Crippen LogP contribution in [0.2, 0.25) is 0 Å². The SMILES string of the molecule is CC.O.OCCc1ccc(-c2ccc(CO)cc2)cc1. The topological polar surface area (TPSA) is 72.0 Å². The summed E-state index contributed by atoms with van der Waals surface area (Å²) in [7, 11) is 0. The fraction of sp³-hybridized carbons (Fsp3) is 0.294. The maximum atomic E-state index is 8.97. The van der Waals surface area contributed by atoms with Crippen molar-refractivity contribution in [2.75, 3.05) is 6.61 Å². The summed E-state index contributed by atoms with van der Waals surface area (Å²) in [6.45, 7) is 4.26. The van der Waals surface area contributed by atoms with Gasteiger partial charge in [0.25, 0.3) is 0 Å². The molecule has 0 unspecified atom stereocenters. The molecular formula is C17H24O3. The van der Waals surface area contributed by atoms with Crippen LogP contribution in [0, 0.1) is 0 Å². The van der Waals surface area contributed by atoms with Crippen LogP contribution in [-0.4, -0.2) is 22.3 Å². The summed E-state index contributed by atoms with van der Waals surface area (Å²) in [5.74, 6) is 0. The van der Waals surface area contributed by atoms with Crippen molar-refractivity contribution in [2.45, 2.75) is 26.9 Å². The molecule has 0 spiro atoms. The zero-order chi connectivity index (χ0) is 14.1. The molecule has 20 heavy (non-hydrogen) atoms. The van der Waals surface area contributed by atoms with Gasteiger partial charge >= 0.3 is 0 Å². The summed E-state index contributed by atoms with van der Waals surface area (Å²) in [5.41, 5.74) is 4.35. The Labute approximate surface area is 120 Å². The van der Waals surface area contributed by atoms with E-state index in [4.69, 9.17) is 10.2 Å². The van der Waals surface area contributed by atoms with E-state index in [1.165, 1.54) is 0 Å². The molecular weight excluding hydrogens is 252 g/mol. The molecule has 0 amide bonds. The Hall–Kier alpha value is -1.68. The molecule has 110 valence electrons. The maximum absolute atomic E-state index is 8.97. The third-order valence-electron chi connectivity index (χ3n) is 2.82. The van der Waals surface area contributed by atoms with Crippen LogP contribution in [-0.2, 0) is 13.0 Å². The Bertz CT molecular complexity index is 461. The Morgan fingerprint density at radius 1 is 0.700 bits per heavy atom. The van der Waals surface area contributed by atoms with Gasteiger partial charge in [-0.2, -0.15) is 0 Å². The van der Waals surface area contributed by atoms with E-state index in [9.17, 15) is 0 Å². The van der Waals surface area contributed by atoms with Crippen LogP contribution in [0.4, 0.5) is 0 Å². The Morgan fingerprint density at radius 3 is 1.45 bits per heavy atom. The summed E-state index contributed by atoms with van der Waals surface area (Å²) in [6.07, 6.45) is 0.698. The molecule has 0 fully saturated rings. The van der Waals surface area contributed by atoms with Gasteiger partial charge in [-0.15, -0.1) is 0 Å². The molecule has 0 aliphatic rings. The summed E-state index contributed by atoms with van der Waals surface area (Å²) in [4.78, 5) is 0. The third kappa shape index (κ3) is 5.13. The van der Waals surface area contributed by atoms with Gasteiger partial charge in [0.05, 0.1) is 6.61 Å². The first-order valence-electron chi connectivity index (χ1n) is 6.73. The summed E-state index contributed by atoms with van der Waals surface area (Å²) < 4.78 is 0. The second kappa shape index (κ2) is 10.1. The average Bonchev–Trinajstić information content (AvgIpc) is 2.51. The Balaban J connectivity index is 0.00000115. The monoisotopic (exact) mass is 276 g/mol. The van der Waals surface area contributed by atoms with E-state index >= 15 is 0 Å². The van der Waals surface area contributed by atoms with Gasteiger partial charge in [0, 0.05) is 6.61 Å². The van der Waals surface area contributed by atoms with Crippen molar-refractivity contribution in [3.63, 3.8) is 0 Å². The van der Waals surface area contributed by atoms with Crippen LogP contribution >= 0.6 is 0 Å². The van der Waals surface area contributed by atoms with Crippen molar-refractivity contribution >= 4 is 0 Å². The van der Waals surface area contributed by atoms with E-state index < -0.39 is 0 Å². The van der Waals surface area contributed by atoms with E-state index in [-0.39, 0.29) is 18.7 Å². The quantitative estimate of drug-likeness (QED) is 0.901. The van der Waals surface area contributed by atoms with E-state index in [0.717, 1.165) is 22.3 Å². The fourth-order valence-corrected chi connectivity index (χ4v) is 1.80. The molecule has 0 atom stereocenters. The van der Waals surface area contributed by atoms with Crippen molar-refractivity contribution in [3.05, 3.63) is 59.7 Å². The lowest BCUT2D eigenvalue weighted by molar-refractivity contribution is 0.282. The van der Waals surface area contributed by atoms with Gasteiger partial charge in [0.1, 0.15) is 0 Å². The van der Waals surface area contributed by atoms with Crippen LogP contribution in [0.15, 0.2) is 48.5 Å². The van der Waals surface area contributed by atoms with Crippen LogP contribution in [0.3, 0.4) is 0 Å². The molecule has 0 radical (unpaired) electrons. The number of rotatable bonds is 4. The Morgan fingerprint density at radius 2 is 1.10 bits per heavy atom. The highest BCUT2D eigenvalue weighted by Gasteiger charge is 1.98. The molecule has 0 aromatic heterocycles.